The lowest BCUT2D eigenvalue weighted by Gasteiger charge is -2.08. The van der Waals surface area contributed by atoms with Gasteiger partial charge in [-0.05, 0) is 38.1 Å². The lowest BCUT2D eigenvalue weighted by molar-refractivity contribution is 0.0474. The Labute approximate surface area is 165 Å². The molecule has 0 spiro atoms. The average Bonchev–Trinajstić information content (AvgIpc) is 2.94. The van der Waals surface area contributed by atoms with E-state index in [9.17, 15) is 18.0 Å². The fraction of sp³-hybridized carbons (Fsp3) is 0.300. The average molecular weight is 404 g/mol. The SMILES string of the molecule is C=CCn1c(C)cc(C(=O)COC(=O)c2cccc(S(=O)(=O)NCC)c2)c1C. The zero-order chi connectivity index (χ0) is 20.9. The Hall–Kier alpha value is -2.71. The van der Waals surface area contributed by atoms with E-state index in [1.54, 1.807) is 19.1 Å². The Morgan fingerprint density at radius 2 is 1.96 bits per heavy atom. The van der Waals surface area contributed by atoms with E-state index < -0.39 is 22.6 Å². The van der Waals surface area contributed by atoms with Gasteiger partial charge in [-0.15, -0.1) is 6.58 Å². The Bertz CT molecular complexity index is 1010. The second kappa shape index (κ2) is 8.99. The number of aromatic nitrogens is 1. The van der Waals surface area contributed by atoms with Crippen LogP contribution in [0.1, 0.15) is 39.0 Å². The van der Waals surface area contributed by atoms with Gasteiger partial charge in [-0.3, -0.25) is 4.79 Å². The van der Waals surface area contributed by atoms with Gasteiger partial charge in [0.15, 0.2) is 6.61 Å². The van der Waals surface area contributed by atoms with Crippen LogP contribution in [0.3, 0.4) is 0 Å². The minimum atomic E-state index is -3.69. The van der Waals surface area contributed by atoms with Crippen LogP contribution in [0.15, 0.2) is 47.9 Å². The van der Waals surface area contributed by atoms with Crippen LogP contribution in [-0.2, 0) is 21.3 Å². The highest BCUT2D eigenvalue weighted by molar-refractivity contribution is 7.89. The van der Waals surface area contributed by atoms with E-state index in [4.69, 9.17) is 4.74 Å². The molecular formula is C20H24N2O5S. The van der Waals surface area contributed by atoms with E-state index in [0.717, 1.165) is 11.4 Å². The summed E-state index contributed by atoms with van der Waals surface area (Å²) in [6.07, 6.45) is 1.74. The number of rotatable bonds is 9. The van der Waals surface area contributed by atoms with Gasteiger partial charge in [0.25, 0.3) is 0 Å². The predicted octanol–water partition coefficient (Wildman–Crippen LogP) is 2.63. The molecule has 0 amide bonds. The normalized spacial score (nSPS) is 11.2. The quantitative estimate of drug-likeness (QED) is 0.394. The summed E-state index contributed by atoms with van der Waals surface area (Å²) in [6.45, 7) is 9.45. The molecule has 0 unspecified atom stereocenters. The topological polar surface area (TPSA) is 94.5 Å². The van der Waals surface area contributed by atoms with Gasteiger partial charge in [0.05, 0.1) is 10.5 Å². The Kier molecular flexibility index (Phi) is 6.93. The van der Waals surface area contributed by atoms with Gasteiger partial charge in [-0.2, -0.15) is 0 Å². The van der Waals surface area contributed by atoms with Gasteiger partial charge in [0, 0.05) is 30.0 Å². The molecular weight excluding hydrogens is 380 g/mol. The molecule has 150 valence electrons. The smallest absolute Gasteiger partial charge is 0.338 e. The summed E-state index contributed by atoms with van der Waals surface area (Å²) < 4.78 is 33.5. The molecule has 0 radical (unpaired) electrons. The molecule has 8 heteroatoms. The molecule has 2 aromatic rings. The zero-order valence-corrected chi connectivity index (χ0v) is 17.0. The Morgan fingerprint density at radius 1 is 1.25 bits per heavy atom. The highest BCUT2D eigenvalue weighted by Gasteiger charge is 2.19. The number of carbonyl (C=O) groups excluding carboxylic acids is 2. The Balaban J connectivity index is 2.12. The minimum absolute atomic E-state index is 0.0388. The molecule has 28 heavy (non-hydrogen) atoms. The number of nitrogens with zero attached hydrogens (tertiary/aromatic N) is 1. The van der Waals surface area contributed by atoms with E-state index in [1.165, 1.54) is 24.3 Å². The minimum Gasteiger partial charge on any atom is -0.454 e. The molecule has 2 rings (SSSR count). The maximum absolute atomic E-state index is 12.5. The van der Waals surface area contributed by atoms with Crippen molar-refractivity contribution in [3.05, 3.63) is 65.5 Å². The standard InChI is InChI=1S/C20H24N2O5S/c1-5-10-22-14(3)11-18(15(22)4)19(23)13-27-20(24)16-8-7-9-17(12-16)28(25,26)21-6-2/h5,7-9,11-12,21H,1,6,10,13H2,2-4H3. The van der Waals surface area contributed by atoms with Gasteiger partial charge >= 0.3 is 5.97 Å². The molecule has 1 N–H and O–H groups in total. The van der Waals surface area contributed by atoms with Gasteiger partial charge in [0.2, 0.25) is 15.8 Å². The fourth-order valence-corrected chi connectivity index (χ4v) is 3.94. The molecule has 0 fully saturated rings. The third kappa shape index (κ3) is 4.76. The molecule has 0 aliphatic rings. The summed E-state index contributed by atoms with van der Waals surface area (Å²) in [4.78, 5) is 24.7. The molecule has 0 bridgehead atoms. The maximum atomic E-state index is 12.5. The molecule has 0 saturated heterocycles. The molecule has 1 aromatic carbocycles. The van der Waals surface area contributed by atoms with Crippen molar-refractivity contribution in [3.8, 4) is 0 Å². The fourth-order valence-electron chi connectivity index (χ4n) is 2.85. The predicted molar refractivity (Wildman–Crippen MR) is 106 cm³/mol. The monoisotopic (exact) mass is 404 g/mol. The summed E-state index contributed by atoms with van der Waals surface area (Å²) in [7, 11) is -3.69. The largest absolute Gasteiger partial charge is 0.454 e. The van der Waals surface area contributed by atoms with Crippen LogP contribution < -0.4 is 4.72 Å². The number of hydrogen-bond donors (Lipinski definition) is 1. The number of Topliss-reactive ketones (excluding diaryl/α,β-unsaturated/α-hetero) is 1. The van der Waals surface area contributed by atoms with Crippen LogP contribution in [0.2, 0.25) is 0 Å². The van der Waals surface area contributed by atoms with Crippen molar-refractivity contribution in [2.24, 2.45) is 0 Å². The summed E-state index contributed by atoms with van der Waals surface area (Å²) in [5.74, 6) is -1.09. The van der Waals surface area contributed by atoms with Crippen molar-refractivity contribution in [1.82, 2.24) is 9.29 Å². The van der Waals surface area contributed by atoms with Gasteiger partial charge in [0.1, 0.15) is 0 Å². The van der Waals surface area contributed by atoms with Crippen LogP contribution in [0.25, 0.3) is 0 Å². The lowest BCUT2D eigenvalue weighted by atomic mass is 10.1. The summed E-state index contributed by atoms with van der Waals surface area (Å²) in [6, 6.07) is 7.24. The number of sulfonamides is 1. The van der Waals surface area contributed by atoms with E-state index in [0.29, 0.717) is 12.1 Å². The first-order chi connectivity index (χ1) is 13.2. The number of esters is 1. The number of carbonyl (C=O) groups is 2. The van der Waals surface area contributed by atoms with Crippen molar-refractivity contribution in [1.29, 1.82) is 0 Å². The van der Waals surface area contributed by atoms with Crippen molar-refractivity contribution in [2.75, 3.05) is 13.2 Å². The second-order valence-corrected chi connectivity index (χ2v) is 7.98. The second-order valence-electron chi connectivity index (χ2n) is 6.21. The first kappa shape index (κ1) is 21.6. The molecule has 0 aliphatic carbocycles. The highest BCUT2D eigenvalue weighted by Crippen LogP contribution is 2.17. The van der Waals surface area contributed by atoms with Crippen LogP contribution in [0.4, 0.5) is 0 Å². The first-order valence-corrected chi connectivity index (χ1v) is 10.3. The Morgan fingerprint density at radius 3 is 2.61 bits per heavy atom. The maximum Gasteiger partial charge on any atom is 0.338 e. The van der Waals surface area contributed by atoms with Crippen molar-refractivity contribution in [2.45, 2.75) is 32.2 Å². The van der Waals surface area contributed by atoms with E-state index >= 15 is 0 Å². The number of aryl methyl sites for hydroxylation is 1. The molecule has 1 heterocycles. The summed E-state index contributed by atoms with van der Waals surface area (Å²) in [5, 5.41) is 0. The summed E-state index contributed by atoms with van der Waals surface area (Å²) >= 11 is 0. The lowest BCUT2D eigenvalue weighted by Crippen LogP contribution is -2.23. The summed E-state index contributed by atoms with van der Waals surface area (Å²) in [5.41, 5.74) is 2.23. The number of allylic oxidation sites excluding steroid dienone is 1. The molecule has 0 saturated carbocycles. The van der Waals surface area contributed by atoms with Gasteiger partial charge in [-0.1, -0.05) is 19.1 Å². The van der Waals surface area contributed by atoms with E-state index in [1.807, 2.05) is 18.4 Å². The van der Waals surface area contributed by atoms with E-state index in [2.05, 4.69) is 11.3 Å². The zero-order valence-electron chi connectivity index (χ0n) is 16.2. The van der Waals surface area contributed by atoms with Gasteiger partial charge < -0.3 is 9.30 Å². The number of hydrogen-bond acceptors (Lipinski definition) is 5. The first-order valence-electron chi connectivity index (χ1n) is 8.79. The molecule has 7 nitrogen and oxygen atoms in total. The van der Waals surface area contributed by atoms with Crippen LogP contribution in [-0.4, -0.2) is 37.9 Å². The van der Waals surface area contributed by atoms with Crippen molar-refractivity contribution < 1.29 is 22.7 Å². The van der Waals surface area contributed by atoms with Crippen molar-refractivity contribution in [3.63, 3.8) is 0 Å². The van der Waals surface area contributed by atoms with Crippen LogP contribution in [0.5, 0.6) is 0 Å². The van der Waals surface area contributed by atoms with Crippen LogP contribution >= 0.6 is 0 Å². The van der Waals surface area contributed by atoms with Crippen LogP contribution in [0, 0.1) is 13.8 Å². The van der Waals surface area contributed by atoms with E-state index in [-0.39, 0.29) is 22.8 Å². The highest BCUT2D eigenvalue weighted by atomic mass is 32.2. The third-order valence-corrected chi connectivity index (χ3v) is 5.78. The molecule has 0 atom stereocenters. The number of nitrogens with one attached hydrogen (secondary N) is 1. The third-order valence-electron chi connectivity index (χ3n) is 4.23. The molecule has 1 aromatic heterocycles. The number of ketones is 1. The van der Waals surface area contributed by atoms with Crippen molar-refractivity contribution >= 4 is 21.8 Å². The van der Waals surface area contributed by atoms with Gasteiger partial charge in [-0.25, -0.2) is 17.9 Å². The number of ether oxygens (including phenoxy) is 1. The number of benzene rings is 1. The molecule has 0 aliphatic heterocycles.